The van der Waals surface area contributed by atoms with E-state index in [1.165, 1.54) is 18.9 Å². The van der Waals surface area contributed by atoms with Gasteiger partial charge in [0.15, 0.2) is 11.6 Å². The molecule has 0 saturated carbocycles. The number of likely N-dealkylation sites (tertiary alicyclic amines) is 1. The van der Waals surface area contributed by atoms with E-state index in [0.29, 0.717) is 23.7 Å². The predicted octanol–water partition coefficient (Wildman–Crippen LogP) is 3.68. The zero-order chi connectivity index (χ0) is 16.2. The Bertz CT molecular complexity index is 651. The lowest BCUT2D eigenvalue weighted by molar-refractivity contribution is 0.189. The summed E-state index contributed by atoms with van der Waals surface area (Å²) in [5, 5.41) is 3.84. The highest BCUT2D eigenvalue weighted by atomic mass is 19.2. The molecule has 0 unspecified atom stereocenters. The fraction of sp³-hybridized carbons (Fsp3) is 0.529. The Kier molecular flexibility index (Phi) is 5.00. The molecule has 2 heterocycles. The minimum atomic E-state index is -0.909. The molecule has 4 nitrogen and oxygen atoms in total. The van der Waals surface area contributed by atoms with Crippen LogP contribution >= 0.6 is 0 Å². The molecule has 1 aliphatic heterocycles. The van der Waals surface area contributed by atoms with Crippen LogP contribution in [0, 0.1) is 17.6 Å². The van der Waals surface area contributed by atoms with E-state index in [9.17, 15) is 8.78 Å². The number of piperidine rings is 1. The maximum Gasteiger partial charge on any atom is 0.227 e. The van der Waals surface area contributed by atoms with Gasteiger partial charge in [-0.1, -0.05) is 12.1 Å². The number of hydrogen-bond acceptors (Lipinski definition) is 4. The van der Waals surface area contributed by atoms with Crippen molar-refractivity contribution in [3.63, 3.8) is 0 Å². The lowest BCUT2D eigenvalue weighted by Crippen LogP contribution is -2.33. The zero-order valence-corrected chi connectivity index (χ0v) is 13.3. The van der Waals surface area contributed by atoms with E-state index < -0.39 is 11.6 Å². The molecule has 0 atom stereocenters. The summed E-state index contributed by atoms with van der Waals surface area (Å²) in [5.74, 6) is -0.122. The van der Waals surface area contributed by atoms with Gasteiger partial charge in [-0.15, -0.1) is 0 Å². The summed E-state index contributed by atoms with van der Waals surface area (Å²) in [6, 6.07) is 3.60. The van der Waals surface area contributed by atoms with Gasteiger partial charge >= 0.3 is 0 Å². The Morgan fingerprint density at radius 1 is 1.22 bits per heavy atom. The van der Waals surface area contributed by atoms with Gasteiger partial charge < -0.3 is 9.42 Å². The second-order valence-electron chi connectivity index (χ2n) is 6.27. The SMILES string of the molecule is CC1CCN(CCCc2nc(-c3ccc(F)c(F)c3)no2)CC1. The molecule has 0 bridgehead atoms. The molecule has 0 radical (unpaired) electrons. The zero-order valence-electron chi connectivity index (χ0n) is 13.3. The third kappa shape index (κ3) is 4.13. The monoisotopic (exact) mass is 321 g/mol. The first-order valence-electron chi connectivity index (χ1n) is 8.12. The highest BCUT2D eigenvalue weighted by Gasteiger charge is 2.16. The second kappa shape index (κ2) is 7.17. The summed E-state index contributed by atoms with van der Waals surface area (Å²) < 4.78 is 31.4. The van der Waals surface area contributed by atoms with Gasteiger partial charge in [0.1, 0.15) is 0 Å². The topological polar surface area (TPSA) is 42.2 Å². The van der Waals surface area contributed by atoms with Crippen molar-refractivity contribution in [1.82, 2.24) is 15.0 Å². The van der Waals surface area contributed by atoms with Crippen LogP contribution in [-0.4, -0.2) is 34.7 Å². The molecule has 6 heteroatoms. The molecule has 0 amide bonds. The number of aryl methyl sites for hydroxylation is 1. The van der Waals surface area contributed by atoms with Crippen LogP contribution in [0.5, 0.6) is 0 Å². The Morgan fingerprint density at radius 3 is 2.74 bits per heavy atom. The standard InChI is InChI=1S/C17H21F2N3O/c1-12-6-9-22(10-7-12)8-2-3-16-20-17(21-23-16)13-4-5-14(18)15(19)11-13/h4-5,11-12H,2-3,6-10H2,1H3. The maximum absolute atomic E-state index is 13.2. The van der Waals surface area contributed by atoms with E-state index in [4.69, 9.17) is 4.52 Å². The van der Waals surface area contributed by atoms with E-state index in [-0.39, 0.29) is 0 Å². The lowest BCUT2D eigenvalue weighted by Gasteiger charge is -2.29. The number of aromatic nitrogens is 2. The van der Waals surface area contributed by atoms with Crippen molar-refractivity contribution in [2.75, 3.05) is 19.6 Å². The minimum absolute atomic E-state index is 0.297. The third-order valence-electron chi connectivity index (χ3n) is 4.39. The molecular formula is C17H21F2N3O. The average molecular weight is 321 g/mol. The molecule has 1 saturated heterocycles. The highest BCUT2D eigenvalue weighted by Crippen LogP contribution is 2.20. The molecule has 1 aliphatic rings. The van der Waals surface area contributed by atoms with Gasteiger partial charge in [0.25, 0.3) is 0 Å². The first-order chi connectivity index (χ1) is 11.1. The molecule has 0 spiro atoms. The van der Waals surface area contributed by atoms with Crippen molar-refractivity contribution in [3.8, 4) is 11.4 Å². The van der Waals surface area contributed by atoms with Crippen LogP contribution in [0.1, 0.15) is 32.1 Å². The fourth-order valence-electron chi connectivity index (χ4n) is 2.85. The molecular weight excluding hydrogens is 300 g/mol. The highest BCUT2D eigenvalue weighted by molar-refractivity contribution is 5.54. The van der Waals surface area contributed by atoms with Crippen molar-refractivity contribution in [1.29, 1.82) is 0 Å². The number of benzene rings is 1. The van der Waals surface area contributed by atoms with Crippen LogP contribution < -0.4 is 0 Å². The van der Waals surface area contributed by atoms with Gasteiger partial charge in [-0.25, -0.2) is 8.78 Å². The molecule has 3 rings (SSSR count). The smallest absolute Gasteiger partial charge is 0.227 e. The normalized spacial score (nSPS) is 16.8. The van der Waals surface area contributed by atoms with Gasteiger partial charge in [-0.05, 0) is 63.0 Å². The second-order valence-corrected chi connectivity index (χ2v) is 6.27. The molecule has 1 fully saturated rings. The van der Waals surface area contributed by atoms with Crippen molar-refractivity contribution < 1.29 is 13.3 Å². The van der Waals surface area contributed by atoms with Crippen molar-refractivity contribution in [2.45, 2.75) is 32.6 Å². The molecule has 0 aliphatic carbocycles. The van der Waals surface area contributed by atoms with Crippen LogP contribution in [-0.2, 0) is 6.42 Å². The van der Waals surface area contributed by atoms with Crippen molar-refractivity contribution >= 4 is 0 Å². The van der Waals surface area contributed by atoms with Gasteiger partial charge in [0.05, 0.1) is 0 Å². The summed E-state index contributed by atoms with van der Waals surface area (Å²) in [4.78, 5) is 6.73. The number of nitrogens with zero attached hydrogens (tertiary/aromatic N) is 3. The average Bonchev–Trinajstić information content (AvgIpc) is 3.01. The Morgan fingerprint density at radius 2 is 2.00 bits per heavy atom. The summed E-state index contributed by atoms with van der Waals surface area (Å²) in [7, 11) is 0. The van der Waals surface area contributed by atoms with E-state index in [0.717, 1.165) is 44.1 Å². The largest absolute Gasteiger partial charge is 0.339 e. The Balaban J connectivity index is 1.52. The van der Waals surface area contributed by atoms with Crippen molar-refractivity contribution in [3.05, 3.63) is 35.7 Å². The molecule has 0 N–H and O–H groups in total. The van der Waals surface area contributed by atoms with E-state index in [1.54, 1.807) is 0 Å². The molecule has 1 aromatic carbocycles. The van der Waals surface area contributed by atoms with Crippen LogP contribution in [0.3, 0.4) is 0 Å². The van der Waals surface area contributed by atoms with Crippen LogP contribution in [0.2, 0.25) is 0 Å². The summed E-state index contributed by atoms with van der Waals surface area (Å²) >= 11 is 0. The summed E-state index contributed by atoms with van der Waals surface area (Å²) in [6.07, 6.45) is 4.18. The first-order valence-corrected chi connectivity index (χ1v) is 8.12. The summed E-state index contributed by atoms with van der Waals surface area (Å²) in [6.45, 7) is 5.64. The van der Waals surface area contributed by atoms with Gasteiger partial charge in [0, 0.05) is 12.0 Å². The fourth-order valence-corrected chi connectivity index (χ4v) is 2.85. The van der Waals surface area contributed by atoms with E-state index in [1.807, 2.05) is 0 Å². The molecule has 1 aromatic heterocycles. The van der Waals surface area contributed by atoms with Crippen LogP contribution in [0.4, 0.5) is 8.78 Å². The van der Waals surface area contributed by atoms with Crippen LogP contribution in [0.15, 0.2) is 22.7 Å². The van der Waals surface area contributed by atoms with Crippen LogP contribution in [0.25, 0.3) is 11.4 Å². The number of hydrogen-bond donors (Lipinski definition) is 0. The Labute approximate surface area is 134 Å². The van der Waals surface area contributed by atoms with Gasteiger partial charge in [-0.2, -0.15) is 4.98 Å². The quantitative estimate of drug-likeness (QED) is 0.842. The summed E-state index contributed by atoms with van der Waals surface area (Å²) in [5.41, 5.74) is 0.420. The first kappa shape index (κ1) is 16.1. The third-order valence-corrected chi connectivity index (χ3v) is 4.39. The molecule has 23 heavy (non-hydrogen) atoms. The van der Waals surface area contributed by atoms with E-state index in [2.05, 4.69) is 22.0 Å². The van der Waals surface area contributed by atoms with E-state index >= 15 is 0 Å². The number of rotatable bonds is 5. The number of halogens is 2. The minimum Gasteiger partial charge on any atom is -0.339 e. The predicted molar refractivity (Wildman–Crippen MR) is 82.8 cm³/mol. The maximum atomic E-state index is 13.2. The van der Waals surface area contributed by atoms with Gasteiger partial charge in [0.2, 0.25) is 11.7 Å². The molecule has 2 aromatic rings. The van der Waals surface area contributed by atoms with Crippen molar-refractivity contribution in [2.24, 2.45) is 5.92 Å². The van der Waals surface area contributed by atoms with Gasteiger partial charge in [-0.3, -0.25) is 0 Å². The Hall–Kier alpha value is -1.82. The molecule has 124 valence electrons. The lowest BCUT2D eigenvalue weighted by atomic mass is 9.99.